The Morgan fingerprint density at radius 1 is 1.17 bits per heavy atom. The smallest absolute Gasteiger partial charge is 0.235 e. The Labute approximate surface area is 151 Å². The van der Waals surface area contributed by atoms with Crippen LogP contribution in [0.15, 0.2) is 53.0 Å². The molecule has 0 radical (unpaired) electrons. The number of hydrogen-bond acceptors (Lipinski definition) is 2. The molecule has 1 amide bonds. The van der Waals surface area contributed by atoms with E-state index in [1.54, 1.807) is 0 Å². The highest BCUT2D eigenvalue weighted by Gasteiger charge is 2.41. The molecule has 4 heteroatoms. The molecule has 2 aromatic rings. The Balaban J connectivity index is 1.90. The van der Waals surface area contributed by atoms with Crippen LogP contribution in [-0.2, 0) is 21.4 Å². The van der Waals surface area contributed by atoms with E-state index in [0.717, 1.165) is 22.1 Å². The molecule has 0 aliphatic carbocycles. The standard InChI is InChI=1S/C20H22BrNO2/c1-2-15-4-3-5-18(14-15)22-19(23)20(10-12-24-13-11-20)16-6-8-17(21)9-7-16/h3-9,14H,2,10-13H2,1H3,(H,22,23). The fourth-order valence-corrected chi connectivity index (χ4v) is 3.52. The molecule has 126 valence electrons. The van der Waals surface area contributed by atoms with E-state index in [4.69, 9.17) is 4.74 Å². The van der Waals surface area contributed by atoms with Crippen LogP contribution in [0.2, 0.25) is 0 Å². The van der Waals surface area contributed by atoms with Crippen molar-refractivity contribution in [2.75, 3.05) is 18.5 Å². The van der Waals surface area contributed by atoms with Crippen LogP contribution in [0.3, 0.4) is 0 Å². The van der Waals surface area contributed by atoms with Crippen molar-refractivity contribution >= 4 is 27.5 Å². The van der Waals surface area contributed by atoms with Crippen molar-refractivity contribution in [1.29, 1.82) is 0 Å². The highest BCUT2D eigenvalue weighted by molar-refractivity contribution is 9.10. The van der Waals surface area contributed by atoms with Crippen LogP contribution in [0.4, 0.5) is 5.69 Å². The summed E-state index contributed by atoms with van der Waals surface area (Å²) in [5.74, 6) is 0.0568. The van der Waals surface area contributed by atoms with Crippen molar-refractivity contribution in [2.24, 2.45) is 0 Å². The highest BCUT2D eigenvalue weighted by atomic mass is 79.9. The van der Waals surface area contributed by atoms with Crippen LogP contribution < -0.4 is 5.32 Å². The molecular weight excluding hydrogens is 366 g/mol. The number of rotatable bonds is 4. The maximum Gasteiger partial charge on any atom is 0.235 e. The highest BCUT2D eigenvalue weighted by Crippen LogP contribution is 2.36. The van der Waals surface area contributed by atoms with Gasteiger partial charge in [0.15, 0.2) is 0 Å². The van der Waals surface area contributed by atoms with Crippen molar-refractivity contribution in [2.45, 2.75) is 31.6 Å². The van der Waals surface area contributed by atoms with Gasteiger partial charge in [-0.1, -0.05) is 47.1 Å². The van der Waals surface area contributed by atoms with Gasteiger partial charge in [0.1, 0.15) is 0 Å². The monoisotopic (exact) mass is 387 g/mol. The van der Waals surface area contributed by atoms with Crippen molar-refractivity contribution < 1.29 is 9.53 Å². The number of ether oxygens (including phenoxy) is 1. The number of anilines is 1. The van der Waals surface area contributed by atoms with Crippen LogP contribution in [0.5, 0.6) is 0 Å². The summed E-state index contributed by atoms with van der Waals surface area (Å²) in [5.41, 5.74) is 2.61. The van der Waals surface area contributed by atoms with Gasteiger partial charge in [0.05, 0.1) is 5.41 Å². The van der Waals surface area contributed by atoms with E-state index in [1.807, 2.05) is 42.5 Å². The summed E-state index contributed by atoms with van der Waals surface area (Å²) in [6, 6.07) is 16.1. The molecule has 3 rings (SSSR count). The van der Waals surface area contributed by atoms with Gasteiger partial charge >= 0.3 is 0 Å². The average molecular weight is 388 g/mol. The summed E-state index contributed by atoms with van der Waals surface area (Å²) in [6.45, 7) is 3.33. The number of halogens is 1. The molecule has 1 fully saturated rings. The second-order valence-corrected chi connectivity index (χ2v) is 7.13. The van der Waals surface area contributed by atoms with E-state index >= 15 is 0 Å². The minimum Gasteiger partial charge on any atom is -0.381 e. The first-order valence-corrected chi connectivity index (χ1v) is 9.17. The fraction of sp³-hybridized carbons (Fsp3) is 0.350. The molecule has 1 heterocycles. The van der Waals surface area contributed by atoms with Gasteiger partial charge in [-0.25, -0.2) is 0 Å². The molecule has 0 atom stereocenters. The summed E-state index contributed by atoms with van der Waals surface area (Å²) in [7, 11) is 0. The molecule has 0 bridgehead atoms. The molecule has 1 N–H and O–H groups in total. The zero-order valence-corrected chi connectivity index (χ0v) is 15.4. The normalized spacial score (nSPS) is 16.6. The molecule has 1 aliphatic rings. The van der Waals surface area contributed by atoms with E-state index < -0.39 is 5.41 Å². The summed E-state index contributed by atoms with van der Waals surface area (Å²) in [6.07, 6.45) is 2.36. The molecule has 0 unspecified atom stereocenters. The minimum atomic E-state index is -0.527. The Morgan fingerprint density at radius 2 is 1.88 bits per heavy atom. The second-order valence-electron chi connectivity index (χ2n) is 6.21. The van der Waals surface area contributed by atoms with E-state index in [-0.39, 0.29) is 5.91 Å². The maximum atomic E-state index is 13.2. The number of carbonyl (C=O) groups excluding carboxylic acids is 1. The first kappa shape index (κ1) is 17.2. The molecular formula is C20H22BrNO2. The summed E-state index contributed by atoms with van der Waals surface area (Å²) in [5, 5.41) is 3.13. The molecule has 3 nitrogen and oxygen atoms in total. The summed E-state index contributed by atoms with van der Waals surface area (Å²) >= 11 is 3.47. The first-order valence-electron chi connectivity index (χ1n) is 8.38. The lowest BCUT2D eigenvalue weighted by Gasteiger charge is -2.36. The fourth-order valence-electron chi connectivity index (χ4n) is 3.26. The van der Waals surface area contributed by atoms with Crippen LogP contribution in [-0.4, -0.2) is 19.1 Å². The van der Waals surface area contributed by atoms with Crippen LogP contribution in [0.25, 0.3) is 0 Å². The third kappa shape index (κ3) is 3.55. The van der Waals surface area contributed by atoms with Gasteiger partial charge in [-0.15, -0.1) is 0 Å². The Kier molecular flexibility index (Phi) is 5.36. The molecule has 2 aromatic carbocycles. The zero-order chi connectivity index (χ0) is 17.0. The number of benzene rings is 2. The van der Waals surface area contributed by atoms with Crippen molar-refractivity contribution in [3.05, 3.63) is 64.1 Å². The van der Waals surface area contributed by atoms with Gasteiger partial charge in [0.25, 0.3) is 0 Å². The molecule has 0 saturated carbocycles. The van der Waals surface area contributed by atoms with Gasteiger partial charge in [-0.2, -0.15) is 0 Å². The molecule has 1 aliphatic heterocycles. The largest absolute Gasteiger partial charge is 0.381 e. The van der Waals surface area contributed by atoms with Crippen LogP contribution in [0.1, 0.15) is 30.9 Å². The van der Waals surface area contributed by atoms with E-state index in [1.165, 1.54) is 5.56 Å². The Morgan fingerprint density at radius 3 is 2.54 bits per heavy atom. The SMILES string of the molecule is CCc1cccc(NC(=O)C2(c3ccc(Br)cc3)CCOCC2)c1. The van der Waals surface area contributed by atoms with E-state index in [2.05, 4.69) is 34.2 Å². The summed E-state index contributed by atoms with van der Waals surface area (Å²) < 4.78 is 6.54. The topological polar surface area (TPSA) is 38.3 Å². The predicted molar refractivity (Wildman–Crippen MR) is 100 cm³/mol. The van der Waals surface area contributed by atoms with Crippen LogP contribution >= 0.6 is 15.9 Å². The van der Waals surface area contributed by atoms with Gasteiger partial charge in [0.2, 0.25) is 5.91 Å². The first-order chi connectivity index (χ1) is 11.6. The quantitative estimate of drug-likeness (QED) is 0.825. The number of aryl methyl sites for hydroxylation is 1. The number of hydrogen-bond donors (Lipinski definition) is 1. The molecule has 0 aromatic heterocycles. The minimum absolute atomic E-state index is 0.0568. The number of nitrogens with one attached hydrogen (secondary N) is 1. The number of amides is 1. The lowest BCUT2D eigenvalue weighted by atomic mass is 9.73. The number of carbonyl (C=O) groups is 1. The lowest BCUT2D eigenvalue weighted by Crippen LogP contribution is -2.44. The zero-order valence-electron chi connectivity index (χ0n) is 13.8. The van der Waals surface area contributed by atoms with Crippen molar-refractivity contribution in [1.82, 2.24) is 0 Å². The Hall–Kier alpha value is -1.65. The predicted octanol–water partition coefficient (Wildman–Crippen LogP) is 4.70. The lowest BCUT2D eigenvalue weighted by molar-refractivity contribution is -0.125. The maximum absolute atomic E-state index is 13.2. The molecule has 1 saturated heterocycles. The second kappa shape index (κ2) is 7.49. The van der Waals surface area contributed by atoms with Crippen LogP contribution in [0, 0.1) is 0 Å². The van der Waals surface area contributed by atoms with Gasteiger partial charge in [-0.05, 0) is 54.7 Å². The average Bonchev–Trinajstić information content (AvgIpc) is 2.63. The van der Waals surface area contributed by atoms with Gasteiger partial charge < -0.3 is 10.1 Å². The van der Waals surface area contributed by atoms with Gasteiger partial charge in [0, 0.05) is 23.4 Å². The van der Waals surface area contributed by atoms with Crippen molar-refractivity contribution in [3.8, 4) is 0 Å². The van der Waals surface area contributed by atoms with E-state index in [0.29, 0.717) is 26.1 Å². The molecule has 0 spiro atoms. The third-order valence-corrected chi connectivity index (χ3v) is 5.30. The summed E-state index contributed by atoms with van der Waals surface area (Å²) in [4.78, 5) is 13.2. The molecule has 24 heavy (non-hydrogen) atoms. The Bertz CT molecular complexity index is 706. The van der Waals surface area contributed by atoms with Crippen molar-refractivity contribution in [3.63, 3.8) is 0 Å². The van der Waals surface area contributed by atoms with E-state index in [9.17, 15) is 4.79 Å². The van der Waals surface area contributed by atoms with Gasteiger partial charge in [-0.3, -0.25) is 4.79 Å². The third-order valence-electron chi connectivity index (χ3n) is 4.77.